The zero-order chi connectivity index (χ0) is 13.7. The maximum atomic E-state index is 9.62. The van der Waals surface area contributed by atoms with Gasteiger partial charge in [0.25, 0.3) is 10.1 Å². The molecule has 0 amide bonds. The van der Waals surface area contributed by atoms with Crippen LogP contribution in [0.5, 0.6) is 0 Å². The minimum atomic E-state index is -4.32. The second-order valence-corrected chi connectivity index (χ2v) is 5.19. The van der Waals surface area contributed by atoms with Crippen LogP contribution in [-0.2, 0) is 14.9 Å². The molecule has 0 fully saturated rings. The Balaban J connectivity index is -0.000000238. The molecule has 2 N–H and O–H groups in total. The number of carbonyl (C=O) groups is 1. The molecule has 0 saturated heterocycles. The summed E-state index contributed by atoms with van der Waals surface area (Å²) in [7, 11) is -4.32. The van der Waals surface area contributed by atoms with E-state index in [2.05, 4.69) is 13.8 Å². The van der Waals surface area contributed by atoms with Crippen LogP contribution in [0.15, 0.2) is 0 Å². The predicted molar refractivity (Wildman–Crippen MR) is 67.4 cm³/mol. The zero-order valence-corrected chi connectivity index (χ0v) is 15.3. The van der Waals surface area contributed by atoms with Gasteiger partial charge >= 0.3 is 57.4 Å². The molecule has 0 unspecified atom stereocenters. The van der Waals surface area contributed by atoms with Gasteiger partial charge in [-0.05, 0) is 0 Å². The molecule has 0 aliphatic carbocycles. The zero-order valence-electron chi connectivity index (χ0n) is 11.4. The summed E-state index contributed by atoms with van der Waals surface area (Å²) in [6, 6.07) is 0. The number of hydrogen-bond acceptors (Lipinski definition) is 3. The molecule has 0 bridgehead atoms. The van der Waals surface area contributed by atoms with Crippen LogP contribution in [0, 0.1) is 6.92 Å². The van der Waals surface area contributed by atoms with E-state index in [-0.39, 0.29) is 51.4 Å². The van der Waals surface area contributed by atoms with Crippen molar-refractivity contribution in [2.75, 3.05) is 5.75 Å². The standard InChI is InChI=1S/C9H19.C2H4O5S.K/c1-3-5-7-9-8-6-4-2;3-2(4)1-8(5,6)7;/h1,3-9H2,2H3;1H2,(H,3,4)(H,5,6,7);/q-1;;+1. The van der Waals surface area contributed by atoms with Gasteiger partial charge in [0.1, 0.15) is 0 Å². The molecule has 7 heteroatoms. The van der Waals surface area contributed by atoms with Gasteiger partial charge in [-0.25, -0.2) is 0 Å². The van der Waals surface area contributed by atoms with E-state index in [1.54, 1.807) is 0 Å². The van der Waals surface area contributed by atoms with Crippen LogP contribution >= 0.6 is 0 Å². The molecule has 0 atom stereocenters. The molecule has 104 valence electrons. The molecule has 0 aliphatic rings. The van der Waals surface area contributed by atoms with Crippen LogP contribution in [-0.4, -0.2) is 29.8 Å². The molecule has 0 aromatic heterocycles. The Hall–Kier alpha value is 1.02. The van der Waals surface area contributed by atoms with Gasteiger partial charge in [-0.3, -0.25) is 9.35 Å². The van der Waals surface area contributed by atoms with Gasteiger partial charge < -0.3 is 12.0 Å². The van der Waals surface area contributed by atoms with Crippen molar-refractivity contribution in [2.24, 2.45) is 0 Å². The van der Waals surface area contributed by atoms with Crippen LogP contribution in [0.4, 0.5) is 0 Å². The summed E-state index contributed by atoms with van der Waals surface area (Å²) in [5.74, 6) is -2.79. The fourth-order valence-corrected chi connectivity index (χ4v) is 1.43. The fraction of sp³-hybridized carbons (Fsp3) is 0.818. The van der Waals surface area contributed by atoms with E-state index in [9.17, 15) is 13.2 Å². The third-order valence-corrected chi connectivity index (χ3v) is 2.52. The summed E-state index contributed by atoms with van der Waals surface area (Å²) in [5, 5.41) is 7.71. The summed E-state index contributed by atoms with van der Waals surface area (Å²) in [4.78, 5) is 9.48. The van der Waals surface area contributed by atoms with E-state index >= 15 is 0 Å². The van der Waals surface area contributed by atoms with Gasteiger partial charge in [-0.2, -0.15) is 14.8 Å². The van der Waals surface area contributed by atoms with Crippen LogP contribution < -0.4 is 51.4 Å². The molecular weight excluding hydrogens is 283 g/mol. The summed E-state index contributed by atoms with van der Waals surface area (Å²) in [6.45, 7) is 6.05. The second kappa shape index (κ2) is 16.1. The van der Waals surface area contributed by atoms with Crippen molar-refractivity contribution < 1.29 is 74.3 Å². The monoisotopic (exact) mass is 306 g/mol. The quantitative estimate of drug-likeness (QED) is 0.274. The van der Waals surface area contributed by atoms with Crippen LogP contribution in [0.1, 0.15) is 51.9 Å². The average Bonchev–Trinajstić information content (AvgIpc) is 2.15. The van der Waals surface area contributed by atoms with Crippen LogP contribution in [0.25, 0.3) is 0 Å². The minimum absolute atomic E-state index is 0. The average molecular weight is 306 g/mol. The Kier molecular flexibility index (Phi) is 21.5. The van der Waals surface area contributed by atoms with E-state index in [4.69, 9.17) is 9.66 Å². The van der Waals surface area contributed by atoms with Gasteiger partial charge in [0, 0.05) is 0 Å². The van der Waals surface area contributed by atoms with E-state index < -0.39 is 21.8 Å². The maximum absolute atomic E-state index is 9.62. The smallest absolute Gasteiger partial charge is 0.480 e. The number of aliphatic carboxylic acids is 1. The molecule has 0 radical (unpaired) electrons. The summed E-state index contributed by atoms with van der Waals surface area (Å²) in [5.41, 5.74) is 0. The van der Waals surface area contributed by atoms with E-state index in [0.29, 0.717) is 0 Å². The number of rotatable bonds is 8. The second-order valence-electron chi connectivity index (χ2n) is 3.74. The van der Waals surface area contributed by atoms with Gasteiger partial charge in [-0.15, -0.1) is 0 Å². The first-order valence-corrected chi connectivity index (χ1v) is 7.40. The van der Waals surface area contributed by atoms with E-state index in [1.807, 2.05) is 0 Å². The van der Waals surface area contributed by atoms with Gasteiger partial charge in [0.2, 0.25) is 0 Å². The Bertz CT molecular complexity index is 271. The van der Waals surface area contributed by atoms with E-state index in [0.717, 1.165) is 6.42 Å². The SMILES string of the molecule is O=C(O)CS(=O)(=O)O.[CH2-]CCCCCCCC.[K+]. The number of carboxylic acids is 1. The van der Waals surface area contributed by atoms with Crippen LogP contribution in [0.2, 0.25) is 0 Å². The van der Waals surface area contributed by atoms with E-state index in [1.165, 1.54) is 38.5 Å². The van der Waals surface area contributed by atoms with Crippen molar-refractivity contribution in [1.82, 2.24) is 0 Å². The molecule has 5 nitrogen and oxygen atoms in total. The Labute approximate surface area is 153 Å². The normalized spacial score (nSPS) is 9.94. The van der Waals surface area contributed by atoms with Gasteiger partial charge in [-0.1, -0.05) is 45.4 Å². The van der Waals surface area contributed by atoms with Crippen LogP contribution in [0.3, 0.4) is 0 Å². The summed E-state index contributed by atoms with van der Waals surface area (Å²) < 4.78 is 27.0. The molecule has 0 saturated carbocycles. The number of hydrogen-bond donors (Lipinski definition) is 2. The molecule has 0 spiro atoms. The molecule has 0 rings (SSSR count). The molecule has 0 aromatic rings. The molecular formula is C11H23KO5S. The molecule has 0 aromatic carbocycles. The Morgan fingerprint density at radius 3 is 1.83 bits per heavy atom. The van der Waals surface area contributed by atoms with Crippen molar-refractivity contribution in [3.8, 4) is 0 Å². The van der Waals surface area contributed by atoms with Crippen molar-refractivity contribution in [3.63, 3.8) is 0 Å². The van der Waals surface area contributed by atoms with Crippen molar-refractivity contribution in [3.05, 3.63) is 6.92 Å². The van der Waals surface area contributed by atoms with Gasteiger partial charge in [0.05, 0.1) is 0 Å². The van der Waals surface area contributed by atoms with Gasteiger partial charge in [0.15, 0.2) is 5.75 Å². The maximum Gasteiger partial charge on any atom is 1.00 e. The summed E-state index contributed by atoms with van der Waals surface area (Å²) in [6.07, 6.45) is 9.45. The first-order chi connectivity index (χ1) is 7.83. The molecule has 18 heavy (non-hydrogen) atoms. The Morgan fingerprint density at radius 2 is 1.56 bits per heavy atom. The molecule has 0 aliphatic heterocycles. The Morgan fingerprint density at radius 1 is 1.11 bits per heavy atom. The van der Waals surface area contributed by atoms with Crippen molar-refractivity contribution >= 4 is 16.1 Å². The topological polar surface area (TPSA) is 91.7 Å². The minimum Gasteiger partial charge on any atom is -0.480 e. The fourth-order valence-electron chi connectivity index (χ4n) is 1.11. The predicted octanol–water partition coefficient (Wildman–Crippen LogP) is -0.466. The third kappa shape index (κ3) is 30.2. The third-order valence-electron chi connectivity index (χ3n) is 1.91. The van der Waals surface area contributed by atoms with Crippen molar-refractivity contribution in [2.45, 2.75) is 51.9 Å². The number of carboxylic acid groups (broad SMARTS) is 1. The first kappa shape index (κ1) is 24.1. The first-order valence-electron chi connectivity index (χ1n) is 5.79. The molecule has 0 heterocycles. The number of unbranched alkanes of at least 4 members (excludes halogenated alkanes) is 6. The van der Waals surface area contributed by atoms with Crippen molar-refractivity contribution in [1.29, 1.82) is 0 Å². The summed E-state index contributed by atoms with van der Waals surface area (Å²) >= 11 is 0. The largest absolute Gasteiger partial charge is 1.00 e.